The average molecular weight is 210 g/mol. The highest BCUT2D eigenvalue weighted by Crippen LogP contribution is 2.28. The van der Waals surface area contributed by atoms with Gasteiger partial charge in [-0.1, -0.05) is 29.7 Å². The van der Waals surface area contributed by atoms with Crippen molar-refractivity contribution in [2.75, 3.05) is 6.61 Å². The van der Waals surface area contributed by atoms with Crippen molar-refractivity contribution < 1.29 is 4.74 Å². The number of nitrogens with two attached hydrogens (primary N) is 1. The Morgan fingerprint density at radius 1 is 1.50 bits per heavy atom. The normalized spacial score (nSPS) is 9.07. The first-order valence-electron chi connectivity index (χ1n) is 4.29. The van der Waals surface area contributed by atoms with Crippen LogP contribution in [0.1, 0.15) is 12.5 Å². The average Bonchev–Trinajstić information content (AvgIpc) is 2.20. The molecular formula is C11H12ClNO. The summed E-state index contributed by atoms with van der Waals surface area (Å²) in [6, 6.07) is 5.51. The molecule has 0 bridgehead atoms. The minimum Gasteiger partial charge on any atom is -0.479 e. The van der Waals surface area contributed by atoms with Crippen LogP contribution in [-0.2, 0) is 6.54 Å². The van der Waals surface area contributed by atoms with E-state index in [1.54, 1.807) is 13.0 Å². The molecule has 0 aliphatic rings. The molecule has 1 aromatic rings. The molecule has 1 rings (SSSR count). The van der Waals surface area contributed by atoms with Crippen molar-refractivity contribution in [1.29, 1.82) is 0 Å². The van der Waals surface area contributed by atoms with Crippen molar-refractivity contribution in [2.24, 2.45) is 5.73 Å². The summed E-state index contributed by atoms with van der Waals surface area (Å²) in [7, 11) is 0. The molecule has 0 radical (unpaired) electrons. The number of halogens is 1. The van der Waals surface area contributed by atoms with E-state index in [0.717, 1.165) is 5.56 Å². The molecule has 1 aromatic carbocycles. The summed E-state index contributed by atoms with van der Waals surface area (Å²) in [5, 5.41) is 0.575. The van der Waals surface area contributed by atoms with Gasteiger partial charge in [0.05, 0.1) is 5.02 Å². The molecular weight excluding hydrogens is 198 g/mol. The molecule has 0 amide bonds. The monoisotopic (exact) mass is 209 g/mol. The lowest BCUT2D eigenvalue weighted by Gasteiger charge is -2.09. The van der Waals surface area contributed by atoms with Gasteiger partial charge in [-0.2, -0.15) is 0 Å². The fraction of sp³-hybridized carbons (Fsp3) is 0.273. The highest BCUT2D eigenvalue weighted by Gasteiger charge is 2.05. The van der Waals surface area contributed by atoms with Crippen LogP contribution in [0.15, 0.2) is 18.2 Å². The maximum Gasteiger partial charge on any atom is 0.149 e. The van der Waals surface area contributed by atoms with E-state index in [-0.39, 0.29) is 0 Å². The van der Waals surface area contributed by atoms with Crippen LogP contribution < -0.4 is 10.5 Å². The largest absolute Gasteiger partial charge is 0.479 e. The summed E-state index contributed by atoms with van der Waals surface area (Å²) in [4.78, 5) is 0. The van der Waals surface area contributed by atoms with Gasteiger partial charge < -0.3 is 10.5 Å². The zero-order valence-corrected chi connectivity index (χ0v) is 8.77. The van der Waals surface area contributed by atoms with E-state index in [1.165, 1.54) is 0 Å². The first kappa shape index (κ1) is 10.9. The smallest absolute Gasteiger partial charge is 0.149 e. The van der Waals surface area contributed by atoms with E-state index in [2.05, 4.69) is 11.8 Å². The summed E-state index contributed by atoms with van der Waals surface area (Å²) in [6.45, 7) is 2.52. The van der Waals surface area contributed by atoms with Crippen molar-refractivity contribution >= 4 is 11.6 Å². The quantitative estimate of drug-likeness (QED) is 0.775. The lowest BCUT2D eigenvalue weighted by molar-refractivity contribution is 0.366. The summed E-state index contributed by atoms with van der Waals surface area (Å²) in [5.74, 6) is 6.19. The number of para-hydroxylation sites is 1. The lowest BCUT2D eigenvalue weighted by atomic mass is 10.2. The third kappa shape index (κ3) is 2.66. The summed E-state index contributed by atoms with van der Waals surface area (Å²) >= 11 is 5.96. The standard InChI is InChI=1S/C11H12ClNO/c1-2-3-7-14-11-9(8-13)5-4-6-10(11)12/h4-6H,7-8,13H2,1H3. The molecule has 0 heterocycles. The molecule has 0 saturated carbocycles. The molecule has 0 saturated heterocycles. The van der Waals surface area contributed by atoms with Crippen molar-refractivity contribution in [3.05, 3.63) is 28.8 Å². The zero-order valence-electron chi connectivity index (χ0n) is 8.01. The maximum atomic E-state index is 5.96. The predicted octanol–water partition coefficient (Wildman–Crippen LogP) is 2.20. The number of ether oxygens (including phenoxy) is 1. The minimum atomic E-state index is 0.341. The van der Waals surface area contributed by atoms with Crippen molar-refractivity contribution in [1.82, 2.24) is 0 Å². The fourth-order valence-electron chi connectivity index (χ4n) is 1.06. The second-order valence-electron chi connectivity index (χ2n) is 2.65. The van der Waals surface area contributed by atoms with Gasteiger partial charge in [0, 0.05) is 12.1 Å². The summed E-state index contributed by atoms with van der Waals surface area (Å²) in [5.41, 5.74) is 6.45. The Morgan fingerprint density at radius 3 is 2.93 bits per heavy atom. The Morgan fingerprint density at radius 2 is 2.29 bits per heavy atom. The number of rotatable bonds is 3. The van der Waals surface area contributed by atoms with Crippen LogP contribution in [0, 0.1) is 11.8 Å². The van der Waals surface area contributed by atoms with Gasteiger partial charge in [0.1, 0.15) is 12.4 Å². The Kier molecular flexibility index (Phi) is 4.31. The minimum absolute atomic E-state index is 0.341. The highest BCUT2D eigenvalue weighted by atomic mass is 35.5. The van der Waals surface area contributed by atoms with Gasteiger partial charge in [0.2, 0.25) is 0 Å². The summed E-state index contributed by atoms with van der Waals surface area (Å²) in [6.07, 6.45) is 0. The van der Waals surface area contributed by atoms with Crippen LogP contribution in [0.25, 0.3) is 0 Å². The van der Waals surface area contributed by atoms with Gasteiger partial charge in [-0.25, -0.2) is 0 Å². The van der Waals surface area contributed by atoms with Crippen LogP contribution in [0.2, 0.25) is 5.02 Å². The van der Waals surface area contributed by atoms with E-state index in [9.17, 15) is 0 Å². The van der Waals surface area contributed by atoms with Crippen molar-refractivity contribution in [3.63, 3.8) is 0 Å². The van der Waals surface area contributed by atoms with Crippen LogP contribution in [-0.4, -0.2) is 6.61 Å². The van der Waals surface area contributed by atoms with Gasteiger partial charge in [-0.05, 0) is 13.0 Å². The van der Waals surface area contributed by atoms with Gasteiger partial charge in [0.25, 0.3) is 0 Å². The predicted molar refractivity (Wildman–Crippen MR) is 58.3 cm³/mol. The van der Waals surface area contributed by atoms with Crippen LogP contribution in [0.3, 0.4) is 0 Å². The number of hydrogen-bond donors (Lipinski definition) is 1. The van der Waals surface area contributed by atoms with E-state index >= 15 is 0 Å². The van der Waals surface area contributed by atoms with Gasteiger partial charge in [-0.15, -0.1) is 5.92 Å². The third-order valence-corrected chi connectivity index (χ3v) is 2.03. The highest BCUT2D eigenvalue weighted by molar-refractivity contribution is 6.32. The zero-order chi connectivity index (χ0) is 10.4. The van der Waals surface area contributed by atoms with Crippen molar-refractivity contribution in [3.8, 4) is 17.6 Å². The number of hydrogen-bond acceptors (Lipinski definition) is 2. The SMILES string of the molecule is CC#CCOc1c(Cl)cccc1CN. The molecule has 0 aliphatic carbocycles. The van der Waals surface area contributed by atoms with E-state index in [4.69, 9.17) is 22.1 Å². The molecule has 0 unspecified atom stereocenters. The first-order chi connectivity index (χ1) is 6.79. The topological polar surface area (TPSA) is 35.2 Å². The molecule has 74 valence electrons. The molecule has 14 heavy (non-hydrogen) atoms. The molecule has 2 nitrogen and oxygen atoms in total. The third-order valence-electron chi connectivity index (χ3n) is 1.73. The molecule has 0 aromatic heterocycles. The Hall–Kier alpha value is -1.17. The van der Waals surface area contributed by atoms with E-state index < -0.39 is 0 Å². The molecule has 0 aliphatic heterocycles. The molecule has 0 atom stereocenters. The van der Waals surface area contributed by atoms with Gasteiger partial charge >= 0.3 is 0 Å². The van der Waals surface area contributed by atoms with E-state index in [0.29, 0.717) is 23.9 Å². The summed E-state index contributed by atoms with van der Waals surface area (Å²) < 4.78 is 5.41. The molecule has 0 fully saturated rings. The van der Waals surface area contributed by atoms with Crippen LogP contribution in [0.4, 0.5) is 0 Å². The fourth-order valence-corrected chi connectivity index (χ4v) is 1.30. The first-order valence-corrected chi connectivity index (χ1v) is 4.67. The Balaban J connectivity index is 2.85. The van der Waals surface area contributed by atoms with Crippen LogP contribution in [0.5, 0.6) is 5.75 Å². The molecule has 3 heteroatoms. The van der Waals surface area contributed by atoms with Crippen molar-refractivity contribution in [2.45, 2.75) is 13.5 Å². The Labute approximate surface area is 89.0 Å². The second-order valence-corrected chi connectivity index (χ2v) is 3.05. The van der Waals surface area contributed by atoms with E-state index in [1.807, 2.05) is 12.1 Å². The number of benzene rings is 1. The van der Waals surface area contributed by atoms with Gasteiger partial charge in [-0.3, -0.25) is 0 Å². The Bertz CT molecular complexity index is 365. The second kappa shape index (κ2) is 5.54. The van der Waals surface area contributed by atoms with Crippen LogP contribution >= 0.6 is 11.6 Å². The lowest BCUT2D eigenvalue weighted by Crippen LogP contribution is -2.03. The molecule has 0 spiro atoms. The maximum absolute atomic E-state index is 5.96. The van der Waals surface area contributed by atoms with Gasteiger partial charge in [0.15, 0.2) is 0 Å². The molecule has 2 N–H and O–H groups in total.